The molecule has 34 heavy (non-hydrogen) atoms. The number of benzene rings is 1. The molecule has 0 aliphatic carbocycles. The lowest BCUT2D eigenvalue weighted by Gasteiger charge is -2.38. The molecule has 2 aliphatic rings. The summed E-state index contributed by atoms with van der Waals surface area (Å²) in [7, 11) is 0. The monoisotopic (exact) mass is 474 g/mol. The van der Waals surface area contributed by atoms with Crippen LogP contribution in [0.1, 0.15) is 38.6 Å². The maximum atomic E-state index is 12.4. The minimum atomic E-state index is -0.176. The first kappa shape index (κ1) is 21.1. The van der Waals surface area contributed by atoms with E-state index in [4.69, 9.17) is 15.5 Å². The van der Waals surface area contributed by atoms with Gasteiger partial charge in [-0.05, 0) is 50.8 Å². The molecule has 4 aromatic rings. The number of nitrogens with two attached hydrogens (primary N) is 1. The van der Waals surface area contributed by atoms with E-state index in [0.717, 1.165) is 57.6 Å². The van der Waals surface area contributed by atoms with Gasteiger partial charge in [-0.2, -0.15) is 5.10 Å². The molecule has 1 aromatic carbocycles. The van der Waals surface area contributed by atoms with E-state index in [1.807, 2.05) is 36.2 Å². The van der Waals surface area contributed by atoms with Gasteiger partial charge >= 0.3 is 6.09 Å². The van der Waals surface area contributed by atoms with Crippen LogP contribution in [0.4, 0.5) is 10.6 Å². The van der Waals surface area contributed by atoms with Gasteiger partial charge in [0.25, 0.3) is 0 Å². The number of pyridine rings is 1. The number of ether oxygens (including phenoxy) is 1. The molecular formula is C25H26N6O2S. The van der Waals surface area contributed by atoms with Crippen molar-refractivity contribution in [2.24, 2.45) is 0 Å². The first-order chi connectivity index (χ1) is 16.6. The van der Waals surface area contributed by atoms with Crippen LogP contribution in [0.3, 0.4) is 0 Å². The number of hydrogen-bond acceptors (Lipinski definition) is 7. The molecule has 0 spiro atoms. The molecule has 174 valence electrons. The van der Waals surface area contributed by atoms with Crippen molar-refractivity contribution in [1.29, 1.82) is 0 Å². The van der Waals surface area contributed by atoms with E-state index in [1.165, 1.54) is 0 Å². The molecule has 2 bridgehead atoms. The Kier molecular flexibility index (Phi) is 5.21. The fourth-order valence-corrected chi connectivity index (χ4v) is 6.33. The lowest BCUT2D eigenvalue weighted by atomic mass is 9.98. The molecule has 6 rings (SSSR count). The molecule has 5 heterocycles. The van der Waals surface area contributed by atoms with Crippen LogP contribution in [0, 0.1) is 0 Å². The van der Waals surface area contributed by atoms with Gasteiger partial charge in [0, 0.05) is 35.6 Å². The van der Waals surface area contributed by atoms with Crippen LogP contribution in [0.15, 0.2) is 48.9 Å². The first-order valence-corrected chi connectivity index (χ1v) is 12.5. The zero-order valence-electron chi connectivity index (χ0n) is 18.9. The van der Waals surface area contributed by atoms with Crippen molar-refractivity contribution in [3.8, 4) is 21.7 Å². The Bertz CT molecular complexity index is 1320. The number of fused-ring (bicyclic) bond motifs is 3. The second-order valence-corrected chi connectivity index (χ2v) is 10.00. The van der Waals surface area contributed by atoms with Gasteiger partial charge in [-0.1, -0.05) is 12.1 Å². The Morgan fingerprint density at radius 2 is 1.94 bits per heavy atom. The van der Waals surface area contributed by atoms with E-state index in [-0.39, 0.29) is 24.2 Å². The molecule has 2 saturated heterocycles. The summed E-state index contributed by atoms with van der Waals surface area (Å²) < 4.78 is 8.46. The summed E-state index contributed by atoms with van der Waals surface area (Å²) in [6.45, 7) is 2.27. The number of rotatable bonds is 4. The quantitative estimate of drug-likeness (QED) is 0.440. The number of nitrogen functional groups attached to an aromatic ring is 1. The summed E-state index contributed by atoms with van der Waals surface area (Å²) in [5.41, 5.74) is 9.99. The van der Waals surface area contributed by atoms with Gasteiger partial charge in [-0.25, -0.2) is 14.8 Å². The smallest absolute Gasteiger partial charge is 0.410 e. The normalized spacial score (nSPS) is 21.8. The minimum Gasteiger partial charge on any atom is -0.450 e. The average Bonchev–Trinajstić information content (AvgIpc) is 3.56. The van der Waals surface area contributed by atoms with E-state index in [1.54, 1.807) is 17.5 Å². The predicted molar refractivity (Wildman–Crippen MR) is 132 cm³/mol. The summed E-state index contributed by atoms with van der Waals surface area (Å²) in [5.74, 6) is 0.470. The number of anilines is 1. The van der Waals surface area contributed by atoms with Crippen LogP contribution in [-0.2, 0) is 4.74 Å². The molecular weight excluding hydrogens is 448 g/mol. The third-order valence-corrected chi connectivity index (χ3v) is 8.01. The molecule has 2 aliphatic heterocycles. The van der Waals surface area contributed by atoms with Crippen molar-refractivity contribution in [3.05, 3.63) is 48.9 Å². The maximum Gasteiger partial charge on any atom is 0.410 e. The number of carbonyl (C=O) groups is 1. The highest BCUT2D eigenvalue weighted by atomic mass is 32.1. The molecule has 2 unspecified atom stereocenters. The molecule has 2 N–H and O–H groups in total. The molecule has 3 aromatic heterocycles. The van der Waals surface area contributed by atoms with Gasteiger partial charge in [-0.15, -0.1) is 11.3 Å². The molecule has 2 fully saturated rings. The van der Waals surface area contributed by atoms with Gasteiger partial charge in [0.15, 0.2) is 0 Å². The largest absolute Gasteiger partial charge is 0.450 e. The SMILES string of the molecule is CCOC(=O)N1C2CCC1CC(n1cc(-c3cnc(N)c(-c4nc5ccccc5s4)c3)cn1)C2. The molecule has 0 saturated carbocycles. The van der Waals surface area contributed by atoms with Crippen LogP contribution in [0.25, 0.3) is 31.9 Å². The van der Waals surface area contributed by atoms with Crippen molar-refractivity contribution in [2.45, 2.75) is 50.7 Å². The van der Waals surface area contributed by atoms with Crippen molar-refractivity contribution in [2.75, 3.05) is 12.3 Å². The number of aromatic nitrogens is 4. The van der Waals surface area contributed by atoms with E-state index in [2.05, 4.69) is 33.1 Å². The second kappa shape index (κ2) is 8.39. The number of carbonyl (C=O) groups excluding carboxylic acids is 1. The molecule has 9 heteroatoms. The highest BCUT2D eigenvalue weighted by molar-refractivity contribution is 7.21. The Hall–Kier alpha value is -3.46. The summed E-state index contributed by atoms with van der Waals surface area (Å²) in [4.78, 5) is 23.5. The Balaban J connectivity index is 1.25. The standard InChI is InChI=1S/C25H26N6O2S/c1-2-33-25(32)31-17-7-8-18(31)11-19(10-17)30-14-16(13-28-30)15-9-20(23(26)27-12-15)24-29-21-5-3-4-6-22(21)34-24/h3-6,9,12-14,17-19H,2,7-8,10-11H2,1H3,(H2,26,27). The maximum absolute atomic E-state index is 12.4. The first-order valence-electron chi connectivity index (χ1n) is 11.7. The van der Waals surface area contributed by atoms with Crippen molar-refractivity contribution < 1.29 is 9.53 Å². The number of thiazole rings is 1. The van der Waals surface area contributed by atoms with Crippen molar-refractivity contribution in [3.63, 3.8) is 0 Å². The zero-order valence-corrected chi connectivity index (χ0v) is 19.7. The predicted octanol–water partition coefficient (Wildman–Crippen LogP) is 5.13. The number of para-hydroxylation sites is 1. The zero-order chi connectivity index (χ0) is 23.2. The van der Waals surface area contributed by atoms with E-state index >= 15 is 0 Å². The average molecular weight is 475 g/mol. The number of hydrogen-bond donors (Lipinski definition) is 1. The van der Waals surface area contributed by atoms with Crippen LogP contribution in [0.2, 0.25) is 0 Å². The topological polar surface area (TPSA) is 99.2 Å². The summed E-state index contributed by atoms with van der Waals surface area (Å²) in [6, 6.07) is 10.8. The van der Waals surface area contributed by atoms with Gasteiger partial charge in [0.2, 0.25) is 0 Å². The molecule has 1 amide bonds. The summed E-state index contributed by atoms with van der Waals surface area (Å²) in [6.07, 6.45) is 9.43. The molecule has 2 atom stereocenters. The van der Waals surface area contributed by atoms with Crippen LogP contribution >= 0.6 is 11.3 Å². The summed E-state index contributed by atoms with van der Waals surface area (Å²) in [5, 5.41) is 5.55. The summed E-state index contributed by atoms with van der Waals surface area (Å²) >= 11 is 1.62. The van der Waals surface area contributed by atoms with Crippen LogP contribution < -0.4 is 5.73 Å². The van der Waals surface area contributed by atoms with E-state index < -0.39 is 0 Å². The third-order valence-electron chi connectivity index (χ3n) is 6.94. The van der Waals surface area contributed by atoms with Crippen molar-refractivity contribution >= 4 is 33.5 Å². The van der Waals surface area contributed by atoms with Gasteiger partial charge < -0.3 is 15.4 Å². The van der Waals surface area contributed by atoms with E-state index in [0.29, 0.717) is 12.4 Å². The van der Waals surface area contributed by atoms with Crippen LogP contribution in [0.5, 0.6) is 0 Å². The molecule has 8 nitrogen and oxygen atoms in total. The van der Waals surface area contributed by atoms with Crippen molar-refractivity contribution in [1.82, 2.24) is 24.6 Å². The fraction of sp³-hybridized carbons (Fsp3) is 0.360. The van der Waals surface area contributed by atoms with Gasteiger partial charge in [-0.3, -0.25) is 4.68 Å². The number of amides is 1. The van der Waals surface area contributed by atoms with E-state index in [9.17, 15) is 4.79 Å². The molecule has 0 radical (unpaired) electrons. The lowest BCUT2D eigenvalue weighted by molar-refractivity contribution is 0.0604. The fourth-order valence-electron chi connectivity index (χ4n) is 5.34. The highest BCUT2D eigenvalue weighted by Gasteiger charge is 2.44. The Labute approximate surface area is 201 Å². The third kappa shape index (κ3) is 3.60. The Morgan fingerprint density at radius 1 is 1.15 bits per heavy atom. The number of piperidine rings is 1. The highest BCUT2D eigenvalue weighted by Crippen LogP contribution is 2.41. The Morgan fingerprint density at radius 3 is 2.71 bits per heavy atom. The minimum absolute atomic E-state index is 0.176. The van der Waals surface area contributed by atoms with Gasteiger partial charge in [0.1, 0.15) is 10.8 Å². The second-order valence-electron chi connectivity index (χ2n) is 8.97. The lowest BCUT2D eigenvalue weighted by Crippen LogP contribution is -2.47. The van der Waals surface area contributed by atoms with Crippen LogP contribution in [-0.4, -0.2) is 49.4 Å². The number of nitrogens with zero attached hydrogens (tertiary/aromatic N) is 5. The van der Waals surface area contributed by atoms with Gasteiger partial charge in [0.05, 0.1) is 34.6 Å².